The molecule has 2 fully saturated rings. The predicted octanol–water partition coefficient (Wildman–Crippen LogP) is 1.18. The summed E-state index contributed by atoms with van der Waals surface area (Å²) in [4.78, 5) is 9.62. The summed E-state index contributed by atoms with van der Waals surface area (Å²) >= 11 is 0. The van der Waals surface area contributed by atoms with E-state index in [1.165, 1.54) is 31.9 Å². The van der Waals surface area contributed by atoms with Gasteiger partial charge in [0.2, 0.25) is 0 Å². The van der Waals surface area contributed by atoms with Crippen molar-refractivity contribution in [1.82, 2.24) is 9.80 Å². The molecule has 2 rings (SSSR count). The van der Waals surface area contributed by atoms with Crippen LogP contribution in [0.5, 0.6) is 0 Å². The minimum atomic E-state index is 0.374. The second-order valence-corrected chi connectivity index (χ2v) is 4.82. The van der Waals surface area contributed by atoms with Crippen molar-refractivity contribution in [2.45, 2.75) is 32.7 Å². The first-order valence-electron chi connectivity index (χ1n) is 6.43. The summed E-state index contributed by atoms with van der Waals surface area (Å²) in [5.74, 6) is 1.20. The van der Waals surface area contributed by atoms with Gasteiger partial charge in [0, 0.05) is 32.2 Å². The SMILES string of the molecule is CC(C)N=C(N1CCCC1)N1CCOCC1. The van der Waals surface area contributed by atoms with Crippen molar-refractivity contribution in [1.29, 1.82) is 0 Å². The summed E-state index contributed by atoms with van der Waals surface area (Å²) in [7, 11) is 0. The fourth-order valence-electron chi connectivity index (χ4n) is 2.27. The molecule has 0 aromatic heterocycles. The number of nitrogens with zero attached hydrogens (tertiary/aromatic N) is 3. The lowest BCUT2D eigenvalue weighted by Crippen LogP contribution is -2.48. The molecule has 4 heteroatoms. The monoisotopic (exact) mass is 225 g/mol. The fourth-order valence-corrected chi connectivity index (χ4v) is 2.27. The van der Waals surface area contributed by atoms with Crippen LogP contribution in [0.3, 0.4) is 0 Å². The largest absolute Gasteiger partial charge is 0.378 e. The van der Waals surface area contributed by atoms with Gasteiger partial charge >= 0.3 is 0 Å². The minimum Gasteiger partial charge on any atom is -0.378 e. The van der Waals surface area contributed by atoms with Crippen molar-refractivity contribution in [2.24, 2.45) is 4.99 Å². The predicted molar refractivity (Wildman–Crippen MR) is 65.8 cm³/mol. The number of aliphatic imine (C=N–C) groups is 1. The number of rotatable bonds is 1. The van der Waals surface area contributed by atoms with Crippen LogP contribution < -0.4 is 0 Å². The van der Waals surface area contributed by atoms with Crippen molar-refractivity contribution < 1.29 is 4.74 Å². The lowest BCUT2D eigenvalue weighted by Gasteiger charge is -2.35. The number of morpholine rings is 1. The number of guanidine groups is 1. The zero-order chi connectivity index (χ0) is 11.4. The summed E-state index contributed by atoms with van der Waals surface area (Å²) in [5.41, 5.74) is 0. The molecule has 2 heterocycles. The van der Waals surface area contributed by atoms with Crippen LogP contribution in [0.25, 0.3) is 0 Å². The van der Waals surface area contributed by atoms with Crippen LogP contribution in [0.1, 0.15) is 26.7 Å². The lowest BCUT2D eigenvalue weighted by atomic mass is 10.4. The third kappa shape index (κ3) is 2.88. The van der Waals surface area contributed by atoms with Crippen LogP contribution in [0.4, 0.5) is 0 Å². The second-order valence-electron chi connectivity index (χ2n) is 4.82. The highest BCUT2D eigenvalue weighted by Crippen LogP contribution is 2.13. The molecule has 0 aromatic rings. The van der Waals surface area contributed by atoms with Gasteiger partial charge in [-0.15, -0.1) is 0 Å². The first-order chi connectivity index (χ1) is 7.77. The summed E-state index contributed by atoms with van der Waals surface area (Å²) in [6.07, 6.45) is 2.61. The first-order valence-corrected chi connectivity index (χ1v) is 6.43. The van der Waals surface area contributed by atoms with Gasteiger partial charge in [-0.25, -0.2) is 0 Å². The lowest BCUT2D eigenvalue weighted by molar-refractivity contribution is 0.0627. The molecule has 0 bridgehead atoms. The molecular weight excluding hydrogens is 202 g/mol. The Bertz CT molecular complexity index is 241. The summed E-state index contributed by atoms with van der Waals surface area (Å²) in [5, 5.41) is 0. The van der Waals surface area contributed by atoms with E-state index >= 15 is 0 Å². The van der Waals surface area contributed by atoms with E-state index in [1.807, 2.05) is 0 Å². The third-order valence-corrected chi connectivity index (χ3v) is 3.06. The highest BCUT2D eigenvalue weighted by Gasteiger charge is 2.23. The van der Waals surface area contributed by atoms with Gasteiger partial charge in [-0.3, -0.25) is 4.99 Å². The van der Waals surface area contributed by atoms with Crippen LogP contribution in [0, 0.1) is 0 Å². The maximum Gasteiger partial charge on any atom is 0.197 e. The molecule has 2 aliphatic rings. The average molecular weight is 225 g/mol. The molecule has 2 aliphatic heterocycles. The van der Waals surface area contributed by atoms with Gasteiger partial charge in [-0.05, 0) is 26.7 Å². The molecule has 0 saturated carbocycles. The Hall–Kier alpha value is -0.770. The van der Waals surface area contributed by atoms with E-state index in [2.05, 4.69) is 23.6 Å². The molecule has 4 nitrogen and oxygen atoms in total. The van der Waals surface area contributed by atoms with Crippen molar-refractivity contribution in [2.75, 3.05) is 39.4 Å². The quantitative estimate of drug-likeness (QED) is 0.495. The first kappa shape index (κ1) is 11.7. The number of hydrogen-bond donors (Lipinski definition) is 0. The highest BCUT2D eigenvalue weighted by atomic mass is 16.5. The number of hydrogen-bond acceptors (Lipinski definition) is 2. The standard InChI is InChI=1S/C12H23N3O/c1-11(2)13-12(14-5-3-4-6-14)15-7-9-16-10-8-15/h11H,3-10H2,1-2H3. The van der Waals surface area contributed by atoms with E-state index in [1.54, 1.807) is 0 Å². The van der Waals surface area contributed by atoms with Crippen LogP contribution in [-0.4, -0.2) is 61.2 Å². The van der Waals surface area contributed by atoms with Gasteiger partial charge in [-0.2, -0.15) is 0 Å². The van der Waals surface area contributed by atoms with Gasteiger partial charge in [0.05, 0.1) is 13.2 Å². The molecule has 0 N–H and O–H groups in total. The van der Waals surface area contributed by atoms with Gasteiger partial charge < -0.3 is 14.5 Å². The Labute approximate surface area is 98.3 Å². The van der Waals surface area contributed by atoms with E-state index in [0.717, 1.165) is 26.3 Å². The van der Waals surface area contributed by atoms with Gasteiger partial charge in [-0.1, -0.05) is 0 Å². The molecule has 0 amide bonds. The third-order valence-electron chi connectivity index (χ3n) is 3.06. The minimum absolute atomic E-state index is 0.374. The van der Waals surface area contributed by atoms with Crippen molar-refractivity contribution in [3.63, 3.8) is 0 Å². The molecule has 92 valence electrons. The van der Waals surface area contributed by atoms with Gasteiger partial charge in [0.15, 0.2) is 5.96 Å². The van der Waals surface area contributed by atoms with E-state index < -0.39 is 0 Å². The second kappa shape index (κ2) is 5.53. The Morgan fingerprint density at radius 1 is 1.00 bits per heavy atom. The molecule has 0 spiro atoms. The Kier molecular flexibility index (Phi) is 4.04. The van der Waals surface area contributed by atoms with Crippen molar-refractivity contribution in [3.8, 4) is 0 Å². The van der Waals surface area contributed by atoms with Crippen molar-refractivity contribution in [3.05, 3.63) is 0 Å². The molecule has 0 atom stereocenters. The molecule has 0 radical (unpaired) electrons. The Morgan fingerprint density at radius 2 is 1.56 bits per heavy atom. The maximum atomic E-state index is 5.40. The zero-order valence-corrected chi connectivity index (χ0v) is 10.5. The van der Waals surface area contributed by atoms with Crippen LogP contribution in [0.15, 0.2) is 4.99 Å². The van der Waals surface area contributed by atoms with Gasteiger partial charge in [0.25, 0.3) is 0 Å². The normalized spacial score (nSPS) is 23.3. The van der Waals surface area contributed by atoms with Crippen LogP contribution >= 0.6 is 0 Å². The Balaban J connectivity index is 2.06. The Morgan fingerprint density at radius 3 is 2.12 bits per heavy atom. The van der Waals surface area contributed by atoms with Gasteiger partial charge in [0.1, 0.15) is 0 Å². The van der Waals surface area contributed by atoms with Crippen molar-refractivity contribution >= 4 is 5.96 Å². The average Bonchev–Trinajstić information content (AvgIpc) is 2.80. The number of likely N-dealkylation sites (tertiary alicyclic amines) is 1. The molecule has 0 unspecified atom stereocenters. The van der Waals surface area contributed by atoms with E-state index in [0.29, 0.717) is 6.04 Å². The van der Waals surface area contributed by atoms with E-state index in [4.69, 9.17) is 9.73 Å². The maximum absolute atomic E-state index is 5.40. The molecule has 2 saturated heterocycles. The summed E-state index contributed by atoms with van der Waals surface area (Å²) in [6.45, 7) is 10.3. The smallest absolute Gasteiger partial charge is 0.197 e. The zero-order valence-electron chi connectivity index (χ0n) is 10.5. The summed E-state index contributed by atoms with van der Waals surface area (Å²) < 4.78 is 5.40. The van der Waals surface area contributed by atoms with E-state index in [-0.39, 0.29) is 0 Å². The highest BCUT2D eigenvalue weighted by molar-refractivity contribution is 5.80. The van der Waals surface area contributed by atoms with Crippen LogP contribution in [-0.2, 0) is 4.74 Å². The fraction of sp³-hybridized carbons (Fsp3) is 0.917. The van der Waals surface area contributed by atoms with Crippen LogP contribution in [0.2, 0.25) is 0 Å². The van der Waals surface area contributed by atoms with E-state index in [9.17, 15) is 0 Å². The topological polar surface area (TPSA) is 28.1 Å². The molecule has 0 aromatic carbocycles. The molecular formula is C12H23N3O. The molecule has 16 heavy (non-hydrogen) atoms. The number of ether oxygens (including phenoxy) is 1. The molecule has 0 aliphatic carbocycles. The summed E-state index contributed by atoms with van der Waals surface area (Å²) in [6, 6.07) is 0.374.